The van der Waals surface area contributed by atoms with Crippen molar-refractivity contribution in [2.24, 2.45) is 5.41 Å². The topological polar surface area (TPSA) is 84.9 Å². The van der Waals surface area contributed by atoms with Crippen LogP contribution in [-0.2, 0) is 24.7 Å². The minimum Gasteiger partial charge on any atom is -0.450 e. The van der Waals surface area contributed by atoms with Gasteiger partial charge in [-0.15, -0.1) is 0 Å². The summed E-state index contributed by atoms with van der Waals surface area (Å²) < 4.78 is 11.5. The van der Waals surface area contributed by atoms with E-state index in [0.29, 0.717) is 6.42 Å². The summed E-state index contributed by atoms with van der Waals surface area (Å²) in [6, 6.07) is 10.9. The van der Waals surface area contributed by atoms with E-state index in [-0.39, 0.29) is 19.1 Å². The molecule has 192 valence electrons. The Kier molecular flexibility index (Phi) is 7.50. The number of fused-ring (bicyclic) bond motifs is 7. The fourth-order valence-corrected chi connectivity index (χ4v) is 5.20. The van der Waals surface area contributed by atoms with Crippen molar-refractivity contribution in [1.29, 1.82) is 0 Å². The third-order valence-electron chi connectivity index (χ3n) is 7.29. The van der Waals surface area contributed by atoms with Crippen LogP contribution < -0.4 is 5.32 Å². The Hall–Kier alpha value is -3.19. The van der Waals surface area contributed by atoms with Crippen LogP contribution in [0, 0.1) is 5.41 Å². The van der Waals surface area contributed by atoms with Gasteiger partial charge in [0, 0.05) is 13.5 Å². The molecule has 0 aromatic heterocycles. The maximum Gasteiger partial charge on any atom is 0.407 e. The molecule has 2 aliphatic rings. The number of amides is 2. The minimum atomic E-state index is -0.857. The van der Waals surface area contributed by atoms with E-state index in [1.165, 1.54) is 0 Å². The molecule has 1 N–H and O–H groups in total. The van der Waals surface area contributed by atoms with Crippen molar-refractivity contribution in [3.8, 4) is 0 Å². The van der Waals surface area contributed by atoms with Gasteiger partial charge in [-0.1, -0.05) is 57.2 Å². The largest absolute Gasteiger partial charge is 0.450 e. The number of ether oxygens (including phenoxy) is 2. The number of hydrogen-bond donors (Lipinski definition) is 1. The zero-order valence-corrected chi connectivity index (χ0v) is 21.6. The number of carbonyl (C=O) groups excluding carboxylic acids is 3. The molecular weight excluding hydrogens is 456 g/mol. The van der Waals surface area contributed by atoms with Gasteiger partial charge in [-0.2, -0.15) is 0 Å². The summed E-state index contributed by atoms with van der Waals surface area (Å²) in [4.78, 5) is 40.2. The number of hydrogen-bond acceptors (Lipinski definition) is 5. The van der Waals surface area contributed by atoms with Crippen LogP contribution in [0.25, 0.3) is 16.8 Å². The molecule has 3 atom stereocenters. The Morgan fingerprint density at radius 2 is 1.94 bits per heavy atom. The number of aldehydes is 1. The fourth-order valence-electron chi connectivity index (χ4n) is 5.20. The van der Waals surface area contributed by atoms with Crippen molar-refractivity contribution in [3.05, 3.63) is 53.6 Å². The zero-order valence-electron chi connectivity index (χ0n) is 21.6. The molecule has 2 aromatic carbocycles. The van der Waals surface area contributed by atoms with Gasteiger partial charge in [0.25, 0.3) is 0 Å². The Balaban J connectivity index is 1.83. The smallest absolute Gasteiger partial charge is 0.407 e. The molecule has 2 heterocycles. The molecule has 0 unspecified atom stereocenters. The van der Waals surface area contributed by atoms with Gasteiger partial charge in [0.1, 0.15) is 17.9 Å². The molecule has 2 aromatic rings. The van der Waals surface area contributed by atoms with Crippen molar-refractivity contribution in [2.75, 3.05) is 20.3 Å². The van der Waals surface area contributed by atoms with Gasteiger partial charge in [0.15, 0.2) is 0 Å². The van der Waals surface area contributed by atoms with Gasteiger partial charge in [0.2, 0.25) is 5.91 Å². The van der Waals surface area contributed by atoms with Crippen molar-refractivity contribution >= 4 is 35.1 Å². The number of benzene rings is 2. The van der Waals surface area contributed by atoms with Crippen LogP contribution in [0.3, 0.4) is 0 Å². The fraction of sp³-hybridized carbons (Fsp3) is 0.483. The number of alkyl carbamates (subject to hydrolysis) is 1. The number of nitrogens with one attached hydrogen (secondary N) is 1. The van der Waals surface area contributed by atoms with E-state index in [9.17, 15) is 14.4 Å². The van der Waals surface area contributed by atoms with E-state index >= 15 is 0 Å². The van der Waals surface area contributed by atoms with Gasteiger partial charge < -0.3 is 24.5 Å². The van der Waals surface area contributed by atoms with E-state index in [1.54, 1.807) is 12.0 Å². The van der Waals surface area contributed by atoms with Crippen molar-refractivity contribution in [3.63, 3.8) is 0 Å². The maximum absolute atomic E-state index is 13.8. The number of allylic oxidation sites excluding steroid dienone is 1. The lowest BCUT2D eigenvalue weighted by Crippen LogP contribution is -2.56. The Labute approximate surface area is 212 Å². The lowest BCUT2D eigenvalue weighted by molar-refractivity contribution is -0.139. The van der Waals surface area contributed by atoms with Gasteiger partial charge in [-0.05, 0) is 58.7 Å². The van der Waals surface area contributed by atoms with Gasteiger partial charge in [-0.25, -0.2) is 4.79 Å². The van der Waals surface area contributed by atoms with E-state index in [0.717, 1.165) is 47.4 Å². The molecule has 2 amide bonds. The zero-order chi connectivity index (χ0) is 25.9. The Morgan fingerprint density at radius 1 is 1.17 bits per heavy atom. The van der Waals surface area contributed by atoms with E-state index in [2.05, 4.69) is 41.7 Å². The first-order valence-corrected chi connectivity index (χ1v) is 12.6. The first-order chi connectivity index (χ1) is 17.2. The summed E-state index contributed by atoms with van der Waals surface area (Å²) in [6.07, 6.45) is 7.21. The molecule has 4 bridgehead atoms. The summed E-state index contributed by atoms with van der Waals surface area (Å²) in [6.45, 7) is 6.13. The molecule has 7 nitrogen and oxygen atoms in total. The summed E-state index contributed by atoms with van der Waals surface area (Å²) in [5, 5.41) is 4.97. The minimum absolute atomic E-state index is 0.205. The Morgan fingerprint density at radius 3 is 2.67 bits per heavy atom. The molecule has 0 saturated carbocycles. The van der Waals surface area contributed by atoms with Gasteiger partial charge in [0.05, 0.1) is 19.2 Å². The highest BCUT2D eigenvalue weighted by atomic mass is 16.5. The monoisotopic (exact) mass is 492 g/mol. The number of cyclic esters (lactones) is 1. The molecule has 1 saturated heterocycles. The van der Waals surface area contributed by atoms with Crippen LogP contribution in [0.1, 0.15) is 57.6 Å². The highest BCUT2D eigenvalue weighted by Gasteiger charge is 2.50. The number of rotatable bonds is 2. The van der Waals surface area contributed by atoms with Crippen molar-refractivity contribution < 1.29 is 23.9 Å². The lowest BCUT2D eigenvalue weighted by atomic mass is 9.85. The molecule has 7 heteroatoms. The first kappa shape index (κ1) is 25.9. The summed E-state index contributed by atoms with van der Waals surface area (Å²) in [5.74, 6) is -0.319. The second-order valence-electron chi connectivity index (χ2n) is 10.8. The first-order valence-electron chi connectivity index (χ1n) is 12.6. The van der Waals surface area contributed by atoms with Crippen molar-refractivity contribution in [2.45, 2.75) is 64.1 Å². The molecule has 2 aliphatic heterocycles. The number of methoxy groups -OCH3 is 1. The molecule has 0 spiro atoms. The average molecular weight is 493 g/mol. The predicted octanol–water partition coefficient (Wildman–Crippen LogP) is 4.82. The predicted molar refractivity (Wildman–Crippen MR) is 139 cm³/mol. The summed E-state index contributed by atoms with van der Waals surface area (Å²) in [5.41, 5.74) is 0.543. The normalized spacial score (nSPS) is 25.8. The van der Waals surface area contributed by atoms with Crippen LogP contribution in [-0.4, -0.2) is 55.5 Å². The molecule has 4 rings (SSSR count). The van der Waals surface area contributed by atoms with E-state index in [1.807, 2.05) is 32.9 Å². The Bertz CT molecular complexity index is 1170. The van der Waals surface area contributed by atoms with Crippen molar-refractivity contribution in [1.82, 2.24) is 10.2 Å². The molecular formula is C29H36N2O5. The maximum atomic E-state index is 13.8. The highest BCUT2D eigenvalue weighted by molar-refractivity contribution is 5.92. The number of nitrogens with zero attached hydrogens (tertiary/aromatic N) is 1. The van der Waals surface area contributed by atoms with Crippen LogP contribution in [0.2, 0.25) is 0 Å². The van der Waals surface area contributed by atoms with E-state index in [4.69, 9.17) is 9.47 Å². The number of carbonyl (C=O) groups is 3. The highest BCUT2D eigenvalue weighted by Crippen LogP contribution is 2.41. The average Bonchev–Trinajstić information content (AvgIpc) is 3.25. The van der Waals surface area contributed by atoms with Crippen LogP contribution in [0.4, 0.5) is 4.79 Å². The molecule has 0 aliphatic carbocycles. The quantitative estimate of drug-likeness (QED) is 0.608. The standard InChI is InChI=1S/C29H36N2O5/c1-28(2,3)25-26(33)31-19-29(35-4,17-23(31)18-32)22-15-20(24-13-9-8-12-21(24)16-22)11-7-5-6-10-14-36-27(34)30-25/h7-9,11-13,15-16,18,23,25H,5-6,10,14,17,19H2,1-4H3,(H,30,34)/t23-,25+,29-/m0/s1. The summed E-state index contributed by atoms with van der Waals surface area (Å²) >= 11 is 0. The second-order valence-corrected chi connectivity index (χ2v) is 10.8. The molecule has 1 fully saturated rings. The van der Waals surface area contributed by atoms with E-state index < -0.39 is 29.2 Å². The lowest BCUT2D eigenvalue weighted by Gasteiger charge is -2.35. The third kappa shape index (κ3) is 5.16. The third-order valence-corrected chi connectivity index (χ3v) is 7.29. The SMILES string of the molecule is CO[C@@]12C[C@@H](C=O)N(C1)C(=O)[C@H](C(C)(C)C)NC(=O)OCCCCC=Cc1cc2cc2ccccc12. The van der Waals surface area contributed by atoms with Gasteiger partial charge >= 0.3 is 6.09 Å². The van der Waals surface area contributed by atoms with Gasteiger partial charge in [-0.3, -0.25) is 4.79 Å². The van der Waals surface area contributed by atoms with Crippen LogP contribution in [0.5, 0.6) is 0 Å². The van der Waals surface area contributed by atoms with Crippen LogP contribution in [0.15, 0.2) is 42.5 Å². The molecule has 0 radical (unpaired) electrons. The van der Waals surface area contributed by atoms with Crippen LogP contribution >= 0.6 is 0 Å². The molecule has 36 heavy (non-hydrogen) atoms. The summed E-state index contributed by atoms with van der Waals surface area (Å²) in [7, 11) is 1.62. The second kappa shape index (κ2) is 10.4.